The van der Waals surface area contributed by atoms with Gasteiger partial charge in [0, 0.05) is 11.2 Å². The van der Waals surface area contributed by atoms with Crippen molar-refractivity contribution in [3.8, 4) is 0 Å². The number of anilines is 1. The Morgan fingerprint density at radius 3 is 2.88 bits per heavy atom. The number of alkyl halides is 1. The largest absolute Gasteiger partial charge is 0.449 e. The molecule has 88 valence electrons. The molecule has 3 nitrogen and oxygen atoms in total. The van der Waals surface area contributed by atoms with Crippen molar-refractivity contribution in [2.24, 2.45) is 5.92 Å². The van der Waals surface area contributed by atoms with Crippen molar-refractivity contribution >= 4 is 27.7 Å². The lowest BCUT2D eigenvalue weighted by Gasteiger charge is -2.10. The van der Waals surface area contributed by atoms with E-state index in [1.807, 2.05) is 6.92 Å². The van der Waals surface area contributed by atoms with Crippen LogP contribution in [0.4, 0.5) is 14.9 Å². The van der Waals surface area contributed by atoms with Crippen molar-refractivity contribution in [1.82, 2.24) is 0 Å². The van der Waals surface area contributed by atoms with E-state index >= 15 is 0 Å². The van der Waals surface area contributed by atoms with Crippen LogP contribution in [0, 0.1) is 11.7 Å². The smallest absolute Gasteiger partial charge is 0.411 e. The summed E-state index contributed by atoms with van der Waals surface area (Å²) in [5.74, 6) is -0.251. The molecule has 0 aliphatic rings. The summed E-state index contributed by atoms with van der Waals surface area (Å²) >= 11 is 3.27. The summed E-state index contributed by atoms with van der Waals surface area (Å²) in [4.78, 5) is 11.3. The standard InChI is InChI=1S/C11H13BrFNO2/c1-8(6-12)7-16-11(15)14-10-5-3-2-4-9(10)13/h2-5,8H,6-7H2,1H3,(H,14,15). The SMILES string of the molecule is CC(CBr)COC(=O)Nc1ccccc1F. The Hall–Kier alpha value is -1.10. The van der Waals surface area contributed by atoms with Crippen molar-refractivity contribution < 1.29 is 13.9 Å². The molecule has 16 heavy (non-hydrogen) atoms. The van der Waals surface area contributed by atoms with Gasteiger partial charge in [0.05, 0.1) is 12.3 Å². The molecule has 1 aromatic rings. The number of amides is 1. The minimum Gasteiger partial charge on any atom is -0.449 e. The van der Waals surface area contributed by atoms with Gasteiger partial charge in [0.25, 0.3) is 0 Å². The normalized spacial score (nSPS) is 11.9. The summed E-state index contributed by atoms with van der Waals surface area (Å²) in [5, 5.41) is 3.09. The van der Waals surface area contributed by atoms with Crippen molar-refractivity contribution in [1.29, 1.82) is 0 Å². The Labute approximate surface area is 102 Å². The molecular weight excluding hydrogens is 277 g/mol. The molecule has 0 aliphatic carbocycles. The molecule has 0 fully saturated rings. The molecule has 5 heteroatoms. The number of halogens is 2. The van der Waals surface area contributed by atoms with Gasteiger partial charge in [-0.05, 0) is 12.1 Å². The Balaban J connectivity index is 2.43. The third-order valence-electron chi connectivity index (χ3n) is 1.87. The van der Waals surface area contributed by atoms with Crippen molar-refractivity contribution in [2.45, 2.75) is 6.92 Å². The highest BCUT2D eigenvalue weighted by Gasteiger charge is 2.08. The lowest BCUT2D eigenvalue weighted by atomic mass is 10.2. The summed E-state index contributed by atoms with van der Waals surface area (Å²) in [6, 6.07) is 5.94. The topological polar surface area (TPSA) is 38.3 Å². The summed E-state index contributed by atoms with van der Waals surface area (Å²) < 4.78 is 18.0. The maximum Gasteiger partial charge on any atom is 0.411 e. The van der Waals surface area contributed by atoms with E-state index in [4.69, 9.17) is 4.74 Å². The molecule has 0 saturated carbocycles. The Kier molecular flexibility index (Phi) is 5.25. The van der Waals surface area contributed by atoms with E-state index in [0.29, 0.717) is 6.61 Å². The van der Waals surface area contributed by atoms with Crippen LogP contribution in [0.3, 0.4) is 0 Å². The molecule has 0 saturated heterocycles. The van der Waals surface area contributed by atoms with E-state index in [0.717, 1.165) is 5.33 Å². The highest BCUT2D eigenvalue weighted by atomic mass is 79.9. The molecule has 0 aliphatic heterocycles. The predicted molar refractivity (Wildman–Crippen MR) is 64.3 cm³/mol. The number of carbonyl (C=O) groups is 1. The van der Waals surface area contributed by atoms with Gasteiger partial charge in [-0.3, -0.25) is 5.32 Å². The van der Waals surface area contributed by atoms with Crippen LogP contribution < -0.4 is 5.32 Å². The second kappa shape index (κ2) is 6.48. The first-order valence-electron chi connectivity index (χ1n) is 4.87. The molecule has 1 aromatic carbocycles. The van der Waals surface area contributed by atoms with E-state index in [1.54, 1.807) is 12.1 Å². The van der Waals surface area contributed by atoms with Gasteiger partial charge in [0.15, 0.2) is 0 Å². The monoisotopic (exact) mass is 289 g/mol. The first-order valence-corrected chi connectivity index (χ1v) is 6.00. The zero-order valence-electron chi connectivity index (χ0n) is 8.87. The number of hydrogen-bond acceptors (Lipinski definition) is 2. The molecule has 0 aromatic heterocycles. The minimum atomic E-state index is -0.641. The van der Waals surface area contributed by atoms with Crippen LogP contribution >= 0.6 is 15.9 Å². The number of nitrogens with one attached hydrogen (secondary N) is 1. The van der Waals surface area contributed by atoms with Crippen LogP contribution in [-0.4, -0.2) is 18.0 Å². The molecule has 0 bridgehead atoms. The average Bonchev–Trinajstić information content (AvgIpc) is 2.29. The molecule has 1 rings (SSSR count). The third kappa shape index (κ3) is 4.18. The molecule has 1 amide bonds. The molecule has 0 spiro atoms. The molecule has 1 N–H and O–H groups in total. The van der Waals surface area contributed by atoms with Gasteiger partial charge < -0.3 is 4.74 Å². The van der Waals surface area contributed by atoms with Crippen molar-refractivity contribution in [3.05, 3.63) is 30.1 Å². The van der Waals surface area contributed by atoms with Crippen LogP contribution in [0.1, 0.15) is 6.92 Å². The Bertz CT molecular complexity index is 360. The summed E-state index contributed by atoms with van der Waals surface area (Å²) in [6.45, 7) is 2.23. The fraction of sp³-hybridized carbons (Fsp3) is 0.364. The summed E-state index contributed by atoms with van der Waals surface area (Å²) in [7, 11) is 0. The fourth-order valence-corrected chi connectivity index (χ4v) is 1.16. The number of carbonyl (C=O) groups excluding carboxylic acids is 1. The quantitative estimate of drug-likeness (QED) is 0.863. The lowest BCUT2D eigenvalue weighted by molar-refractivity contribution is 0.148. The minimum absolute atomic E-state index is 0.124. The number of ether oxygens (including phenoxy) is 1. The van der Waals surface area contributed by atoms with Crippen LogP contribution in [0.2, 0.25) is 0 Å². The molecule has 1 unspecified atom stereocenters. The fourth-order valence-electron chi connectivity index (χ4n) is 0.971. The molecular formula is C11H13BrFNO2. The van der Waals surface area contributed by atoms with E-state index in [9.17, 15) is 9.18 Å². The predicted octanol–water partition coefficient (Wildman–Crippen LogP) is 3.41. The van der Waals surface area contributed by atoms with Crippen LogP contribution in [0.15, 0.2) is 24.3 Å². The van der Waals surface area contributed by atoms with Gasteiger partial charge in [0.1, 0.15) is 5.82 Å². The third-order valence-corrected chi connectivity index (χ3v) is 2.98. The van der Waals surface area contributed by atoms with Gasteiger partial charge in [-0.2, -0.15) is 0 Å². The zero-order valence-corrected chi connectivity index (χ0v) is 10.5. The first kappa shape index (κ1) is 13.0. The van der Waals surface area contributed by atoms with Gasteiger partial charge in [-0.15, -0.1) is 0 Å². The van der Waals surface area contributed by atoms with Crippen molar-refractivity contribution in [2.75, 3.05) is 17.3 Å². The molecule has 0 radical (unpaired) electrons. The first-order chi connectivity index (χ1) is 7.63. The van der Waals surface area contributed by atoms with Crippen LogP contribution in [0.25, 0.3) is 0 Å². The van der Waals surface area contributed by atoms with Crippen LogP contribution in [-0.2, 0) is 4.74 Å². The summed E-state index contributed by atoms with van der Waals surface area (Å²) in [5.41, 5.74) is 0.124. The second-order valence-electron chi connectivity index (χ2n) is 3.46. The summed E-state index contributed by atoms with van der Waals surface area (Å²) in [6.07, 6.45) is -0.641. The van der Waals surface area contributed by atoms with E-state index < -0.39 is 11.9 Å². The lowest BCUT2D eigenvalue weighted by Crippen LogP contribution is -2.18. The maximum absolute atomic E-state index is 13.1. The second-order valence-corrected chi connectivity index (χ2v) is 4.11. The average molecular weight is 290 g/mol. The van der Waals surface area contributed by atoms with E-state index in [-0.39, 0.29) is 11.6 Å². The van der Waals surface area contributed by atoms with Gasteiger partial charge in [-0.1, -0.05) is 35.0 Å². The number of para-hydroxylation sites is 1. The number of benzene rings is 1. The molecule has 0 heterocycles. The zero-order chi connectivity index (χ0) is 12.0. The Morgan fingerprint density at radius 2 is 2.25 bits per heavy atom. The van der Waals surface area contributed by atoms with Gasteiger partial charge >= 0.3 is 6.09 Å². The molecule has 1 atom stereocenters. The van der Waals surface area contributed by atoms with Crippen molar-refractivity contribution in [3.63, 3.8) is 0 Å². The Morgan fingerprint density at radius 1 is 1.56 bits per heavy atom. The number of rotatable bonds is 4. The van der Waals surface area contributed by atoms with Gasteiger partial charge in [0.2, 0.25) is 0 Å². The van der Waals surface area contributed by atoms with Gasteiger partial charge in [-0.25, -0.2) is 9.18 Å². The highest BCUT2D eigenvalue weighted by Crippen LogP contribution is 2.12. The highest BCUT2D eigenvalue weighted by molar-refractivity contribution is 9.09. The van der Waals surface area contributed by atoms with E-state index in [1.165, 1.54) is 12.1 Å². The van der Waals surface area contributed by atoms with Crippen LogP contribution in [0.5, 0.6) is 0 Å². The maximum atomic E-state index is 13.1. The van der Waals surface area contributed by atoms with E-state index in [2.05, 4.69) is 21.2 Å². The number of hydrogen-bond donors (Lipinski definition) is 1.